The molecule has 2 aliphatic rings. The summed E-state index contributed by atoms with van der Waals surface area (Å²) in [6.45, 7) is 0.884. The largest absolute Gasteiger partial charge is 0.497 e. The molecule has 0 radical (unpaired) electrons. The Labute approximate surface area is 127 Å². The first-order chi connectivity index (χ1) is 10.2. The molecule has 1 unspecified atom stereocenters. The van der Waals surface area contributed by atoms with Gasteiger partial charge < -0.3 is 9.64 Å². The van der Waals surface area contributed by atoms with Crippen LogP contribution in [0.25, 0.3) is 0 Å². The minimum absolute atomic E-state index is 0.306. The molecule has 3 rings (SSSR count). The van der Waals surface area contributed by atoms with Gasteiger partial charge in [0.25, 0.3) is 0 Å². The lowest BCUT2D eigenvalue weighted by atomic mass is 9.72. The molecule has 1 aromatic rings. The maximum Gasteiger partial charge on any atom is 0.232 e. The predicted molar refractivity (Wildman–Crippen MR) is 83.5 cm³/mol. The van der Waals surface area contributed by atoms with E-state index in [9.17, 15) is 4.79 Å². The summed E-state index contributed by atoms with van der Waals surface area (Å²) in [7, 11) is 3.64. The van der Waals surface area contributed by atoms with Crippen molar-refractivity contribution in [1.82, 2.24) is 4.90 Å². The van der Waals surface area contributed by atoms with E-state index in [0.717, 1.165) is 49.5 Å². The van der Waals surface area contributed by atoms with Crippen molar-refractivity contribution >= 4 is 5.91 Å². The van der Waals surface area contributed by atoms with Gasteiger partial charge in [0, 0.05) is 13.6 Å². The highest BCUT2D eigenvalue weighted by atomic mass is 16.5. The summed E-state index contributed by atoms with van der Waals surface area (Å²) in [5, 5.41) is 0. The zero-order chi connectivity index (χ0) is 14.9. The number of hydrogen-bond donors (Lipinski definition) is 0. The highest BCUT2D eigenvalue weighted by Gasteiger charge is 2.46. The van der Waals surface area contributed by atoms with Gasteiger partial charge >= 0.3 is 0 Å². The number of methoxy groups -OCH3 is 1. The van der Waals surface area contributed by atoms with Crippen LogP contribution in [-0.2, 0) is 10.2 Å². The molecular weight excluding hydrogens is 262 g/mol. The summed E-state index contributed by atoms with van der Waals surface area (Å²) >= 11 is 0. The molecule has 114 valence electrons. The van der Waals surface area contributed by atoms with Gasteiger partial charge in [0.05, 0.1) is 12.5 Å². The summed E-state index contributed by atoms with van der Waals surface area (Å²) in [6.07, 6.45) is 6.77. The number of hydrogen-bond acceptors (Lipinski definition) is 2. The van der Waals surface area contributed by atoms with Crippen LogP contribution >= 0.6 is 0 Å². The van der Waals surface area contributed by atoms with Crippen molar-refractivity contribution in [3.63, 3.8) is 0 Å². The molecule has 1 atom stereocenters. The second-order valence-corrected chi connectivity index (χ2v) is 6.65. The molecule has 1 amide bonds. The number of nitrogens with zero attached hydrogens (tertiary/aromatic N) is 1. The highest BCUT2D eigenvalue weighted by molar-refractivity contribution is 5.88. The van der Waals surface area contributed by atoms with Gasteiger partial charge in [0.15, 0.2) is 0 Å². The normalized spacial score (nSPS) is 26.6. The van der Waals surface area contributed by atoms with Gasteiger partial charge in [-0.1, -0.05) is 31.4 Å². The first-order valence-electron chi connectivity index (χ1n) is 8.06. The van der Waals surface area contributed by atoms with Crippen LogP contribution in [0.5, 0.6) is 5.75 Å². The van der Waals surface area contributed by atoms with Crippen molar-refractivity contribution in [2.24, 2.45) is 5.92 Å². The highest BCUT2D eigenvalue weighted by Crippen LogP contribution is 2.47. The van der Waals surface area contributed by atoms with E-state index in [-0.39, 0.29) is 5.41 Å². The maximum atomic E-state index is 13.1. The zero-order valence-corrected chi connectivity index (χ0v) is 13.1. The van der Waals surface area contributed by atoms with Gasteiger partial charge in [0.2, 0.25) is 5.91 Å². The molecule has 0 bridgehead atoms. The molecule has 1 saturated heterocycles. The van der Waals surface area contributed by atoms with Crippen LogP contribution in [0.2, 0.25) is 0 Å². The monoisotopic (exact) mass is 287 g/mol. The lowest BCUT2D eigenvalue weighted by molar-refractivity contribution is -0.136. The van der Waals surface area contributed by atoms with Crippen LogP contribution in [0, 0.1) is 5.92 Å². The Balaban J connectivity index is 2.03. The number of likely N-dealkylation sites (N-methyl/N-ethyl adjacent to an activating group) is 1. The number of carbonyl (C=O) groups is 1. The van der Waals surface area contributed by atoms with Gasteiger partial charge in [-0.2, -0.15) is 0 Å². The van der Waals surface area contributed by atoms with Crippen molar-refractivity contribution in [3.8, 4) is 5.75 Å². The fourth-order valence-corrected chi connectivity index (χ4v) is 3.66. The van der Waals surface area contributed by atoms with E-state index in [2.05, 4.69) is 12.1 Å². The lowest BCUT2D eigenvalue weighted by Crippen LogP contribution is -2.44. The average molecular weight is 287 g/mol. The topological polar surface area (TPSA) is 29.5 Å². The van der Waals surface area contributed by atoms with E-state index in [1.165, 1.54) is 12.8 Å². The quantitative estimate of drug-likeness (QED) is 0.849. The third-order valence-corrected chi connectivity index (χ3v) is 5.06. The summed E-state index contributed by atoms with van der Waals surface area (Å²) in [6, 6.07) is 8.15. The summed E-state index contributed by atoms with van der Waals surface area (Å²) in [5.74, 6) is 1.88. The van der Waals surface area contributed by atoms with Crippen LogP contribution in [0.1, 0.15) is 44.1 Å². The fraction of sp³-hybridized carbons (Fsp3) is 0.611. The number of carbonyl (C=O) groups excluding carboxylic acids is 1. The van der Waals surface area contributed by atoms with E-state index in [1.54, 1.807) is 7.11 Å². The third kappa shape index (κ3) is 2.78. The zero-order valence-electron chi connectivity index (χ0n) is 13.1. The fourth-order valence-electron chi connectivity index (χ4n) is 3.66. The number of rotatable bonds is 4. The third-order valence-electron chi connectivity index (χ3n) is 5.06. The molecule has 0 aromatic heterocycles. The second-order valence-electron chi connectivity index (χ2n) is 6.65. The molecule has 1 saturated carbocycles. The van der Waals surface area contributed by atoms with E-state index in [1.807, 2.05) is 24.1 Å². The standard InChI is InChI=1S/C18H25NO2/c1-19-11-4-3-10-18(17(19)20,13-14-8-9-14)15-6-5-7-16(12-15)21-2/h5-7,12,14H,3-4,8-11,13H2,1-2H3. The number of ether oxygens (including phenoxy) is 1. The summed E-state index contributed by atoms with van der Waals surface area (Å²) < 4.78 is 5.38. The van der Waals surface area contributed by atoms with E-state index >= 15 is 0 Å². The summed E-state index contributed by atoms with van der Waals surface area (Å²) in [5.41, 5.74) is 0.813. The Bertz CT molecular complexity index is 524. The minimum atomic E-state index is -0.332. The molecule has 0 N–H and O–H groups in total. The first-order valence-corrected chi connectivity index (χ1v) is 8.06. The molecule has 3 nitrogen and oxygen atoms in total. The van der Waals surface area contributed by atoms with Crippen LogP contribution < -0.4 is 4.74 Å². The van der Waals surface area contributed by atoms with Crippen LogP contribution in [0.4, 0.5) is 0 Å². The molecular formula is C18H25NO2. The predicted octanol–water partition coefficient (Wildman–Crippen LogP) is 3.38. The molecule has 21 heavy (non-hydrogen) atoms. The second kappa shape index (κ2) is 5.70. The van der Waals surface area contributed by atoms with Crippen LogP contribution in [-0.4, -0.2) is 31.5 Å². The average Bonchev–Trinajstić information content (AvgIpc) is 3.33. The molecule has 1 aromatic carbocycles. The van der Waals surface area contributed by atoms with Crippen LogP contribution in [0.15, 0.2) is 24.3 Å². The van der Waals surface area contributed by atoms with Gasteiger partial charge in [0.1, 0.15) is 5.75 Å². The number of likely N-dealkylation sites (tertiary alicyclic amines) is 1. The minimum Gasteiger partial charge on any atom is -0.497 e. The van der Waals surface area contributed by atoms with Crippen molar-refractivity contribution in [3.05, 3.63) is 29.8 Å². The Morgan fingerprint density at radius 2 is 2.14 bits per heavy atom. The molecule has 1 aliphatic heterocycles. The molecule has 1 heterocycles. The smallest absolute Gasteiger partial charge is 0.232 e. The van der Waals surface area contributed by atoms with Crippen molar-refractivity contribution in [2.45, 2.75) is 43.9 Å². The number of amides is 1. The van der Waals surface area contributed by atoms with Gasteiger partial charge in [-0.3, -0.25) is 4.79 Å². The molecule has 1 aliphatic carbocycles. The lowest BCUT2D eigenvalue weighted by Gasteiger charge is -2.34. The van der Waals surface area contributed by atoms with Gasteiger partial charge in [-0.15, -0.1) is 0 Å². The van der Waals surface area contributed by atoms with Crippen molar-refractivity contribution in [1.29, 1.82) is 0 Å². The summed E-state index contributed by atoms with van der Waals surface area (Å²) in [4.78, 5) is 15.1. The van der Waals surface area contributed by atoms with Crippen LogP contribution in [0.3, 0.4) is 0 Å². The Kier molecular flexibility index (Phi) is 3.92. The molecule has 0 spiro atoms. The molecule has 2 fully saturated rings. The SMILES string of the molecule is COc1cccc(C2(CC3CC3)CCCCN(C)C2=O)c1. The van der Waals surface area contributed by atoms with Crippen molar-refractivity contribution in [2.75, 3.05) is 20.7 Å². The Morgan fingerprint density at radius 3 is 2.86 bits per heavy atom. The van der Waals surface area contributed by atoms with Gasteiger partial charge in [-0.05, 0) is 42.9 Å². The van der Waals surface area contributed by atoms with Crippen molar-refractivity contribution < 1.29 is 9.53 Å². The molecule has 3 heteroatoms. The Hall–Kier alpha value is -1.51. The maximum absolute atomic E-state index is 13.1. The first kappa shape index (κ1) is 14.4. The van der Waals surface area contributed by atoms with Gasteiger partial charge in [-0.25, -0.2) is 0 Å². The van der Waals surface area contributed by atoms with E-state index < -0.39 is 0 Å². The Morgan fingerprint density at radius 1 is 1.33 bits per heavy atom. The van der Waals surface area contributed by atoms with E-state index in [4.69, 9.17) is 4.74 Å². The van der Waals surface area contributed by atoms with E-state index in [0.29, 0.717) is 5.91 Å². The number of benzene rings is 1.